The Labute approximate surface area is 151 Å². The van der Waals surface area contributed by atoms with Gasteiger partial charge in [0.2, 0.25) is 11.8 Å². The Bertz CT molecular complexity index is 975. The van der Waals surface area contributed by atoms with Crippen LogP contribution in [0.4, 0.5) is 5.69 Å². The van der Waals surface area contributed by atoms with Gasteiger partial charge in [0.05, 0.1) is 5.69 Å². The van der Waals surface area contributed by atoms with E-state index in [2.05, 4.69) is 23.3 Å². The van der Waals surface area contributed by atoms with Crippen molar-refractivity contribution in [3.8, 4) is 0 Å². The van der Waals surface area contributed by atoms with Gasteiger partial charge in [0.25, 0.3) is 5.91 Å². The molecule has 0 saturated carbocycles. The molecule has 1 aromatic rings. The highest BCUT2D eigenvalue weighted by Crippen LogP contribution is 2.33. The van der Waals surface area contributed by atoms with Crippen LogP contribution in [-0.2, 0) is 14.4 Å². The summed E-state index contributed by atoms with van der Waals surface area (Å²) in [7, 11) is 2.13. The maximum absolute atomic E-state index is 13.1. The predicted octanol–water partition coefficient (Wildman–Crippen LogP) is -0.505. The smallest absolute Gasteiger partial charge is 0.255 e. The summed E-state index contributed by atoms with van der Waals surface area (Å²) in [5.41, 5.74) is 3.11. The van der Waals surface area contributed by atoms with Gasteiger partial charge in [-0.05, 0) is 37.6 Å². The van der Waals surface area contributed by atoms with Crippen molar-refractivity contribution >= 4 is 34.6 Å². The van der Waals surface area contributed by atoms with E-state index in [1.165, 1.54) is 10.8 Å². The number of imide groups is 1. The first kappa shape index (κ1) is 15.8. The topological polar surface area (TPSA) is 69.7 Å². The molecule has 4 aliphatic rings. The molecule has 3 heterocycles. The molecule has 6 nitrogen and oxygen atoms in total. The van der Waals surface area contributed by atoms with Crippen molar-refractivity contribution in [2.45, 2.75) is 31.7 Å². The molecule has 3 amide bonds. The van der Waals surface area contributed by atoms with Crippen molar-refractivity contribution in [3.63, 3.8) is 0 Å². The summed E-state index contributed by atoms with van der Waals surface area (Å²) < 4.78 is 0. The average Bonchev–Trinajstić information content (AvgIpc) is 2.87. The van der Waals surface area contributed by atoms with Crippen LogP contribution in [0.1, 0.15) is 25.7 Å². The van der Waals surface area contributed by atoms with Crippen LogP contribution < -0.4 is 20.7 Å². The van der Waals surface area contributed by atoms with Crippen LogP contribution in [0.25, 0.3) is 11.1 Å². The number of benzene rings is 1. The molecule has 3 aliphatic heterocycles. The monoisotopic (exact) mass is 351 g/mol. The largest absolute Gasteiger partial charge is 0.305 e. The molecule has 6 heteroatoms. The number of hydrogen-bond donors (Lipinski definition) is 1. The lowest BCUT2D eigenvalue weighted by Gasteiger charge is -2.38. The molecule has 0 bridgehead atoms. The normalized spacial score (nSPS) is 26.1. The molecule has 1 atom stereocenters. The van der Waals surface area contributed by atoms with E-state index in [0.29, 0.717) is 12.3 Å². The van der Waals surface area contributed by atoms with Gasteiger partial charge in [0, 0.05) is 36.2 Å². The van der Waals surface area contributed by atoms with Crippen molar-refractivity contribution < 1.29 is 14.4 Å². The molecule has 0 aromatic heterocycles. The second-order valence-electron chi connectivity index (χ2n) is 7.76. The van der Waals surface area contributed by atoms with E-state index < -0.39 is 6.04 Å². The maximum Gasteiger partial charge on any atom is 0.255 e. The summed E-state index contributed by atoms with van der Waals surface area (Å²) in [6.07, 6.45) is 2.31. The van der Waals surface area contributed by atoms with Crippen LogP contribution in [0.15, 0.2) is 18.2 Å². The number of rotatable bonds is 2. The Hall–Kier alpha value is -2.47. The number of hydrogen-bond acceptors (Lipinski definition) is 4. The predicted molar refractivity (Wildman–Crippen MR) is 96.4 cm³/mol. The van der Waals surface area contributed by atoms with E-state index in [4.69, 9.17) is 0 Å². The summed E-state index contributed by atoms with van der Waals surface area (Å²) in [5, 5.41) is 4.59. The minimum absolute atomic E-state index is 0.0632. The molecule has 1 N–H and O–H groups in total. The number of carbonyl (C=O) groups excluding carboxylic acids is 3. The maximum atomic E-state index is 13.1. The fourth-order valence-electron chi connectivity index (χ4n) is 4.89. The van der Waals surface area contributed by atoms with Crippen molar-refractivity contribution in [1.82, 2.24) is 10.2 Å². The Kier molecular flexibility index (Phi) is 3.34. The molecular formula is C20H21N3O3. The third kappa shape index (κ3) is 2.11. The molecule has 0 radical (unpaired) electrons. The standard InChI is InChI=1S/C20H21N3O3/c1-22-9-11(10-22)12-5-6-14-18-13(12)3-2-4-15(18)23(20(14)26)16-7-8-17(24)21-19(16)25/h2-4,11,16H,5-10H2,1H3,(H,21,24,25). The zero-order chi connectivity index (χ0) is 18.0. The third-order valence-corrected chi connectivity index (χ3v) is 6.15. The third-order valence-electron chi connectivity index (χ3n) is 6.15. The molecule has 2 fully saturated rings. The van der Waals surface area contributed by atoms with Gasteiger partial charge >= 0.3 is 0 Å². The first-order valence-corrected chi connectivity index (χ1v) is 9.25. The van der Waals surface area contributed by atoms with E-state index in [0.717, 1.165) is 42.4 Å². The molecular weight excluding hydrogens is 330 g/mol. The van der Waals surface area contributed by atoms with E-state index in [-0.39, 0.29) is 24.1 Å². The Morgan fingerprint density at radius 3 is 2.62 bits per heavy atom. The van der Waals surface area contributed by atoms with Gasteiger partial charge in [0.15, 0.2) is 0 Å². The van der Waals surface area contributed by atoms with Gasteiger partial charge in [-0.25, -0.2) is 0 Å². The molecule has 26 heavy (non-hydrogen) atoms. The molecule has 1 aromatic carbocycles. The molecule has 2 saturated heterocycles. The highest BCUT2D eigenvalue weighted by atomic mass is 16.2. The van der Waals surface area contributed by atoms with Gasteiger partial charge in [-0.1, -0.05) is 17.7 Å². The zero-order valence-electron chi connectivity index (χ0n) is 14.7. The average molecular weight is 351 g/mol. The minimum Gasteiger partial charge on any atom is -0.305 e. The van der Waals surface area contributed by atoms with E-state index in [1.54, 1.807) is 4.90 Å². The number of carbonyl (C=O) groups is 3. The lowest BCUT2D eigenvalue weighted by molar-refractivity contribution is -0.135. The molecule has 134 valence electrons. The Morgan fingerprint density at radius 1 is 1.08 bits per heavy atom. The van der Waals surface area contributed by atoms with Crippen LogP contribution in [0.2, 0.25) is 0 Å². The van der Waals surface area contributed by atoms with Crippen molar-refractivity contribution in [2.24, 2.45) is 5.92 Å². The van der Waals surface area contributed by atoms with Crippen LogP contribution >= 0.6 is 0 Å². The van der Waals surface area contributed by atoms with Gasteiger partial charge in [-0.2, -0.15) is 0 Å². The highest BCUT2D eigenvalue weighted by Gasteiger charge is 2.41. The van der Waals surface area contributed by atoms with Gasteiger partial charge in [-0.3, -0.25) is 24.6 Å². The fourth-order valence-corrected chi connectivity index (χ4v) is 4.89. The highest BCUT2D eigenvalue weighted by molar-refractivity contribution is 6.27. The number of anilines is 1. The molecule has 5 rings (SSSR count). The van der Waals surface area contributed by atoms with Gasteiger partial charge in [-0.15, -0.1) is 0 Å². The number of nitrogens with one attached hydrogen (secondary N) is 1. The van der Waals surface area contributed by atoms with Crippen molar-refractivity contribution in [3.05, 3.63) is 28.6 Å². The SMILES string of the molecule is CN1CC(C2=c3cccc4c3=C(CC2)C(=O)N4C2CCC(=O)NC2=O)C1. The first-order valence-electron chi connectivity index (χ1n) is 9.25. The Balaban J connectivity index is 1.63. The van der Waals surface area contributed by atoms with Crippen LogP contribution in [-0.4, -0.2) is 48.8 Å². The number of piperidine rings is 1. The first-order chi connectivity index (χ1) is 12.5. The fraction of sp³-hybridized carbons (Fsp3) is 0.450. The number of likely N-dealkylation sites (tertiary alicyclic amines) is 1. The van der Waals surface area contributed by atoms with Crippen molar-refractivity contribution in [2.75, 3.05) is 25.0 Å². The second kappa shape index (κ2) is 5.51. The summed E-state index contributed by atoms with van der Waals surface area (Å²) in [6, 6.07) is 5.44. The molecule has 1 unspecified atom stereocenters. The molecule has 1 aliphatic carbocycles. The number of nitrogens with zero attached hydrogens (tertiary/aromatic N) is 2. The van der Waals surface area contributed by atoms with Gasteiger partial charge in [0.1, 0.15) is 6.04 Å². The minimum atomic E-state index is -0.594. The summed E-state index contributed by atoms with van der Waals surface area (Å²) >= 11 is 0. The van der Waals surface area contributed by atoms with Crippen LogP contribution in [0.3, 0.4) is 0 Å². The molecule has 0 spiro atoms. The lowest BCUT2D eigenvalue weighted by Crippen LogP contribution is -2.54. The van der Waals surface area contributed by atoms with Crippen molar-refractivity contribution in [1.29, 1.82) is 0 Å². The Morgan fingerprint density at radius 2 is 1.88 bits per heavy atom. The zero-order valence-corrected chi connectivity index (χ0v) is 14.7. The van der Waals surface area contributed by atoms with E-state index in [9.17, 15) is 14.4 Å². The second-order valence-corrected chi connectivity index (χ2v) is 7.76. The van der Waals surface area contributed by atoms with E-state index >= 15 is 0 Å². The van der Waals surface area contributed by atoms with Gasteiger partial charge < -0.3 is 4.90 Å². The summed E-state index contributed by atoms with van der Waals surface area (Å²) in [6.45, 7) is 2.14. The summed E-state index contributed by atoms with van der Waals surface area (Å²) in [4.78, 5) is 40.9. The van der Waals surface area contributed by atoms with Crippen LogP contribution in [0.5, 0.6) is 0 Å². The number of amides is 3. The quantitative estimate of drug-likeness (QED) is 0.729. The van der Waals surface area contributed by atoms with Crippen LogP contribution in [0, 0.1) is 5.92 Å². The summed E-state index contributed by atoms with van der Waals surface area (Å²) in [5.74, 6) is -0.124. The van der Waals surface area contributed by atoms with E-state index in [1.807, 2.05) is 12.1 Å². The lowest BCUT2D eigenvalue weighted by atomic mass is 9.83.